The minimum absolute atomic E-state index is 0.592. The molecule has 2 N–H and O–H groups in total. The Morgan fingerprint density at radius 1 is 1.13 bits per heavy atom. The molecule has 122 valence electrons. The van der Waals surface area contributed by atoms with Crippen LogP contribution in [-0.4, -0.2) is 17.4 Å². The topological polar surface area (TPSA) is 24.1 Å². The number of halogens is 2. The Morgan fingerprint density at radius 2 is 1.96 bits per heavy atom. The summed E-state index contributed by atoms with van der Waals surface area (Å²) in [6.07, 6.45) is 0. The van der Waals surface area contributed by atoms with Crippen LogP contribution in [0.5, 0.6) is 0 Å². The third-order valence-electron chi connectivity index (χ3n) is 3.06. The number of thiocarbonyl (C=S) groups is 1. The van der Waals surface area contributed by atoms with E-state index in [0.717, 1.165) is 23.7 Å². The minimum Gasteiger partial charge on any atom is -0.362 e. The first-order chi connectivity index (χ1) is 11.0. The van der Waals surface area contributed by atoms with Crippen LogP contribution in [-0.2, 0) is 5.75 Å². The molecule has 0 bridgehead atoms. The summed E-state index contributed by atoms with van der Waals surface area (Å²) in [5.41, 5.74) is 3.38. The van der Waals surface area contributed by atoms with E-state index >= 15 is 0 Å². The van der Waals surface area contributed by atoms with Crippen molar-refractivity contribution >= 4 is 58.0 Å². The Labute approximate surface area is 157 Å². The van der Waals surface area contributed by atoms with Gasteiger partial charge >= 0.3 is 0 Å². The molecule has 0 aromatic heterocycles. The number of nitrogens with one attached hydrogen (secondary N) is 2. The summed E-state index contributed by atoms with van der Waals surface area (Å²) >= 11 is 19.0. The van der Waals surface area contributed by atoms with Crippen LogP contribution in [0.1, 0.15) is 11.1 Å². The minimum atomic E-state index is 0.592. The molecule has 2 aromatic rings. The maximum atomic E-state index is 6.00. The van der Waals surface area contributed by atoms with Crippen molar-refractivity contribution in [2.75, 3.05) is 17.6 Å². The zero-order valence-electron chi connectivity index (χ0n) is 12.7. The highest BCUT2D eigenvalue weighted by Crippen LogP contribution is 2.24. The molecule has 0 aliphatic carbocycles. The Kier molecular flexibility index (Phi) is 7.50. The molecule has 0 heterocycles. The van der Waals surface area contributed by atoms with Crippen LogP contribution >= 0.6 is 47.2 Å². The number of rotatable bonds is 6. The van der Waals surface area contributed by atoms with Crippen molar-refractivity contribution in [3.63, 3.8) is 0 Å². The predicted molar refractivity (Wildman–Crippen MR) is 108 cm³/mol. The average Bonchev–Trinajstić information content (AvgIpc) is 2.50. The summed E-state index contributed by atoms with van der Waals surface area (Å²) < 4.78 is 0. The Morgan fingerprint density at radius 3 is 2.70 bits per heavy atom. The molecule has 2 rings (SSSR count). The van der Waals surface area contributed by atoms with Gasteiger partial charge in [0.15, 0.2) is 5.11 Å². The highest BCUT2D eigenvalue weighted by atomic mass is 35.5. The summed E-state index contributed by atoms with van der Waals surface area (Å²) in [6.45, 7) is 2.87. The van der Waals surface area contributed by atoms with Gasteiger partial charge in [0.2, 0.25) is 0 Å². The number of thioether (sulfide) groups is 1. The lowest BCUT2D eigenvalue weighted by Gasteiger charge is -2.11. The molecule has 2 nitrogen and oxygen atoms in total. The smallest absolute Gasteiger partial charge is 0.170 e. The molecule has 0 saturated heterocycles. The monoisotopic (exact) mass is 384 g/mol. The average molecular weight is 385 g/mol. The summed E-state index contributed by atoms with van der Waals surface area (Å²) in [7, 11) is 0. The molecule has 0 radical (unpaired) electrons. The van der Waals surface area contributed by atoms with Crippen LogP contribution in [0.2, 0.25) is 10.0 Å². The fourth-order valence-electron chi connectivity index (χ4n) is 1.95. The largest absolute Gasteiger partial charge is 0.362 e. The van der Waals surface area contributed by atoms with Gasteiger partial charge in [-0.2, -0.15) is 11.8 Å². The van der Waals surface area contributed by atoms with E-state index in [0.29, 0.717) is 15.2 Å². The molecule has 0 aliphatic heterocycles. The standard InChI is InChI=1S/C17H18Cl2N2S2/c1-12-3-2-4-14(9-12)21-17(22)20-7-8-23-11-13-5-6-15(18)16(19)10-13/h2-6,9-10H,7-8,11H2,1H3,(H2,20,21,22). The normalized spacial score (nSPS) is 10.4. The van der Waals surface area contributed by atoms with Gasteiger partial charge in [-0.15, -0.1) is 0 Å². The van der Waals surface area contributed by atoms with Gasteiger partial charge in [-0.1, -0.05) is 41.4 Å². The first kappa shape index (κ1) is 18.4. The zero-order valence-corrected chi connectivity index (χ0v) is 15.9. The van der Waals surface area contributed by atoms with Crippen LogP contribution in [0.3, 0.4) is 0 Å². The molecule has 0 unspecified atom stereocenters. The van der Waals surface area contributed by atoms with Gasteiger partial charge in [0, 0.05) is 23.7 Å². The summed E-state index contributed by atoms with van der Waals surface area (Å²) in [6, 6.07) is 13.9. The number of anilines is 1. The molecule has 0 aliphatic rings. The Balaban J connectivity index is 1.65. The molecule has 0 atom stereocenters. The molecule has 2 aromatic carbocycles. The molecular formula is C17H18Cl2N2S2. The van der Waals surface area contributed by atoms with Crippen molar-refractivity contribution in [3.05, 3.63) is 63.6 Å². The van der Waals surface area contributed by atoms with Crippen molar-refractivity contribution in [1.82, 2.24) is 5.32 Å². The number of hydrogen-bond acceptors (Lipinski definition) is 2. The SMILES string of the molecule is Cc1cccc(NC(=S)NCCSCc2ccc(Cl)c(Cl)c2)c1. The number of hydrogen-bond donors (Lipinski definition) is 2. The van der Waals surface area contributed by atoms with E-state index in [-0.39, 0.29) is 0 Å². The first-order valence-electron chi connectivity index (χ1n) is 7.18. The molecular weight excluding hydrogens is 367 g/mol. The molecule has 0 fully saturated rings. The number of aryl methyl sites for hydroxylation is 1. The van der Waals surface area contributed by atoms with Crippen LogP contribution in [0.15, 0.2) is 42.5 Å². The van der Waals surface area contributed by atoms with Gasteiger partial charge in [0.25, 0.3) is 0 Å². The molecule has 23 heavy (non-hydrogen) atoms. The van der Waals surface area contributed by atoms with Crippen LogP contribution < -0.4 is 10.6 Å². The molecule has 0 amide bonds. The van der Waals surface area contributed by atoms with Crippen molar-refractivity contribution in [3.8, 4) is 0 Å². The van der Waals surface area contributed by atoms with Crippen molar-refractivity contribution in [2.24, 2.45) is 0 Å². The molecule has 0 spiro atoms. The van der Waals surface area contributed by atoms with Gasteiger partial charge in [0.1, 0.15) is 0 Å². The second-order valence-corrected chi connectivity index (χ2v) is 7.38. The third-order valence-corrected chi connectivity index (χ3v) is 5.08. The van der Waals surface area contributed by atoms with Gasteiger partial charge in [-0.05, 0) is 54.5 Å². The van der Waals surface area contributed by atoms with E-state index in [1.165, 1.54) is 11.1 Å². The summed E-state index contributed by atoms with van der Waals surface area (Å²) in [4.78, 5) is 0. The maximum absolute atomic E-state index is 6.00. The van der Waals surface area contributed by atoms with Crippen molar-refractivity contribution < 1.29 is 0 Å². The third kappa shape index (κ3) is 6.60. The summed E-state index contributed by atoms with van der Waals surface area (Å²) in [5, 5.41) is 8.23. The van der Waals surface area contributed by atoms with E-state index in [1.807, 2.05) is 42.1 Å². The van der Waals surface area contributed by atoms with Gasteiger partial charge in [0.05, 0.1) is 10.0 Å². The first-order valence-corrected chi connectivity index (χ1v) is 9.49. The van der Waals surface area contributed by atoms with E-state index < -0.39 is 0 Å². The fraction of sp³-hybridized carbons (Fsp3) is 0.235. The van der Waals surface area contributed by atoms with Crippen molar-refractivity contribution in [1.29, 1.82) is 0 Å². The Hall–Kier alpha value is -0.940. The lowest BCUT2D eigenvalue weighted by molar-refractivity contribution is 0.990. The quantitative estimate of drug-likeness (QED) is 0.505. The molecule has 6 heteroatoms. The van der Waals surface area contributed by atoms with Crippen LogP contribution in [0.25, 0.3) is 0 Å². The maximum Gasteiger partial charge on any atom is 0.170 e. The second-order valence-electron chi connectivity index (χ2n) is 5.05. The van der Waals surface area contributed by atoms with Crippen molar-refractivity contribution in [2.45, 2.75) is 12.7 Å². The van der Waals surface area contributed by atoms with Crippen LogP contribution in [0.4, 0.5) is 5.69 Å². The van der Waals surface area contributed by atoms with E-state index in [9.17, 15) is 0 Å². The van der Waals surface area contributed by atoms with E-state index in [1.54, 1.807) is 0 Å². The van der Waals surface area contributed by atoms with Gasteiger partial charge < -0.3 is 10.6 Å². The highest BCUT2D eigenvalue weighted by Gasteiger charge is 2.01. The summed E-state index contributed by atoms with van der Waals surface area (Å²) in [5.74, 6) is 1.85. The Bertz CT molecular complexity index is 677. The lowest BCUT2D eigenvalue weighted by atomic mass is 10.2. The fourth-order valence-corrected chi connectivity index (χ4v) is 3.30. The predicted octanol–water partition coefficient (Wildman–Crippen LogP) is 5.52. The lowest BCUT2D eigenvalue weighted by Crippen LogP contribution is -2.30. The van der Waals surface area contributed by atoms with Gasteiger partial charge in [-0.3, -0.25) is 0 Å². The van der Waals surface area contributed by atoms with Gasteiger partial charge in [-0.25, -0.2) is 0 Å². The van der Waals surface area contributed by atoms with E-state index in [2.05, 4.69) is 29.7 Å². The second kappa shape index (κ2) is 9.38. The van der Waals surface area contributed by atoms with Crippen LogP contribution in [0, 0.1) is 6.92 Å². The van der Waals surface area contributed by atoms with E-state index in [4.69, 9.17) is 35.4 Å². The highest BCUT2D eigenvalue weighted by molar-refractivity contribution is 7.98. The molecule has 0 saturated carbocycles. The zero-order chi connectivity index (χ0) is 16.7. The number of benzene rings is 2.